The average molecular weight is 236 g/mol. The van der Waals surface area contributed by atoms with Crippen LogP contribution in [0.1, 0.15) is 33.3 Å². The Morgan fingerprint density at radius 3 is 2.18 bits per heavy atom. The van der Waals surface area contributed by atoms with Crippen molar-refractivity contribution < 1.29 is 14.8 Å². The number of hydrogen-bond acceptors (Lipinski definition) is 3. The first-order valence-electron chi connectivity index (χ1n) is 5.88. The number of aliphatic hydroxyl groups is 1. The smallest absolute Gasteiger partial charge is 0.423 e. The standard InChI is InChI=1S/C13H21BO3/c1-10(13(2,3)4)17-14(16)12-7-5-11(9-15)6-8-12/h5-8,10,15-16H,9H2,1-4H3. The van der Waals surface area contributed by atoms with Crippen molar-refractivity contribution in [3.63, 3.8) is 0 Å². The Balaban J connectivity index is 2.66. The first kappa shape index (κ1) is 14.2. The summed E-state index contributed by atoms with van der Waals surface area (Å²) in [6.07, 6.45) is -0.0463. The molecule has 0 fully saturated rings. The zero-order valence-corrected chi connectivity index (χ0v) is 11.0. The van der Waals surface area contributed by atoms with Crippen molar-refractivity contribution in [3.8, 4) is 0 Å². The number of aliphatic hydroxyl groups excluding tert-OH is 1. The van der Waals surface area contributed by atoms with Gasteiger partial charge < -0.3 is 14.8 Å². The molecule has 1 unspecified atom stereocenters. The summed E-state index contributed by atoms with van der Waals surface area (Å²) < 4.78 is 5.57. The van der Waals surface area contributed by atoms with Crippen LogP contribution in [0.2, 0.25) is 0 Å². The van der Waals surface area contributed by atoms with Gasteiger partial charge in [0.15, 0.2) is 0 Å². The largest absolute Gasteiger partial charge is 0.491 e. The van der Waals surface area contributed by atoms with Crippen molar-refractivity contribution in [3.05, 3.63) is 29.8 Å². The first-order chi connectivity index (χ1) is 7.84. The maximum Gasteiger partial charge on any atom is 0.491 e. The quantitative estimate of drug-likeness (QED) is 0.775. The second kappa shape index (κ2) is 5.67. The second-order valence-electron chi connectivity index (χ2n) is 5.40. The normalized spacial score (nSPS) is 13.5. The van der Waals surface area contributed by atoms with Crippen LogP contribution in [0.15, 0.2) is 24.3 Å². The zero-order valence-electron chi connectivity index (χ0n) is 11.0. The summed E-state index contributed by atoms with van der Waals surface area (Å²) in [6, 6.07) is 7.10. The average Bonchev–Trinajstić information content (AvgIpc) is 2.27. The Hall–Kier alpha value is -0.835. The minimum atomic E-state index is -0.919. The highest BCUT2D eigenvalue weighted by Crippen LogP contribution is 2.21. The molecular formula is C13H21BO3. The Morgan fingerprint density at radius 2 is 1.76 bits per heavy atom. The van der Waals surface area contributed by atoms with Gasteiger partial charge in [0.1, 0.15) is 0 Å². The summed E-state index contributed by atoms with van der Waals surface area (Å²) in [5.74, 6) is 0. The third-order valence-corrected chi connectivity index (χ3v) is 3.00. The third kappa shape index (κ3) is 4.15. The van der Waals surface area contributed by atoms with E-state index in [4.69, 9.17) is 9.76 Å². The molecule has 17 heavy (non-hydrogen) atoms. The highest BCUT2D eigenvalue weighted by Gasteiger charge is 2.26. The minimum absolute atomic E-state index is 0.00792. The van der Waals surface area contributed by atoms with Crippen LogP contribution in [-0.2, 0) is 11.3 Å². The topological polar surface area (TPSA) is 49.7 Å². The van der Waals surface area contributed by atoms with Crippen molar-refractivity contribution in [1.82, 2.24) is 0 Å². The van der Waals surface area contributed by atoms with E-state index in [9.17, 15) is 5.02 Å². The van der Waals surface area contributed by atoms with Crippen LogP contribution < -0.4 is 5.46 Å². The lowest BCUT2D eigenvalue weighted by Crippen LogP contribution is -2.40. The zero-order chi connectivity index (χ0) is 13.1. The maximum atomic E-state index is 9.93. The molecule has 0 aliphatic carbocycles. The van der Waals surface area contributed by atoms with Crippen LogP contribution in [0, 0.1) is 5.41 Å². The molecule has 0 saturated carbocycles. The summed E-state index contributed by atoms with van der Waals surface area (Å²) in [6.45, 7) is 8.17. The summed E-state index contributed by atoms with van der Waals surface area (Å²) in [5, 5.41) is 18.9. The molecule has 2 N–H and O–H groups in total. The molecule has 0 bridgehead atoms. The monoisotopic (exact) mass is 236 g/mol. The molecule has 0 spiro atoms. The summed E-state index contributed by atoms with van der Waals surface area (Å²) in [7, 11) is -0.919. The Bertz CT molecular complexity index is 343. The first-order valence-corrected chi connectivity index (χ1v) is 5.88. The van der Waals surface area contributed by atoms with Crippen molar-refractivity contribution in [2.24, 2.45) is 5.41 Å². The highest BCUT2D eigenvalue weighted by molar-refractivity contribution is 6.60. The van der Waals surface area contributed by atoms with Crippen LogP contribution in [0.5, 0.6) is 0 Å². The van der Waals surface area contributed by atoms with Crippen LogP contribution >= 0.6 is 0 Å². The van der Waals surface area contributed by atoms with E-state index in [0.29, 0.717) is 5.46 Å². The molecule has 0 aliphatic heterocycles. The van der Waals surface area contributed by atoms with Gasteiger partial charge in [-0.05, 0) is 23.4 Å². The van der Waals surface area contributed by atoms with Gasteiger partial charge >= 0.3 is 7.12 Å². The summed E-state index contributed by atoms with van der Waals surface area (Å²) >= 11 is 0. The predicted molar refractivity (Wildman–Crippen MR) is 70.0 cm³/mol. The number of benzene rings is 1. The molecule has 94 valence electrons. The van der Waals surface area contributed by atoms with E-state index >= 15 is 0 Å². The van der Waals surface area contributed by atoms with Crippen molar-refractivity contribution in [2.45, 2.75) is 40.4 Å². The van der Waals surface area contributed by atoms with Gasteiger partial charge in [-0.1, -0.05) is 45.0 Å². The van der Waals surface area contributed by atoms with Gasteiger partial charge in [-0.2, -0.15) is 0 Å². The Kier molecular flexibility index (Phi) is 4.75. The molecular weight excluding hydrogens is 215 g/mol. The van der Waals surface area contributed by atoms with E-state index in [1.54, 1.807) is 24.3 Å². The molecule has 0 amide bonds. The fraction of sp³-hybridized carbons (Fsp3) is 0.538. The molecule has 4 heteroatoms. The van der Waals surface area contributed by atoms with Gasteiger partial charge in [0.05, 0.1) is 6.61 Å². The predicted octanol–water partition coefficient (Wildman–Crippen LogP) is 1.32. The molecule has 1 rings (SSSR count). The lowest BCUT2D eigenvalue weighted by Gasteiger charge is -2.28. The second-order valence-corrected chi connectivity index (χ2v) is 5.40. The maximum absolute atomic E-state index is 9.93. The van der Waals surface area contributed by atoms with Gasteiger partial charge in [-0.25, -0.2) is 0 Å². The van der Waals surface area contributed by atoms with E-state index in [-0.39, 0.29) is 18.1 Å². The van der Waals surface area contributed by atoms with Crippen molar-refractivity contribution >= 4 is 12.6 Å². The molecule has 1 aromatic carbocycles. The van der Waals surface area contributed by atoms with Crippen LogP contribution in [0.25, 0.3) is 0 Å². The van der Waals surface area contributed by atoms with E-state index in [1.807, 2.05) is 6.92 Å². The fourth-order valence-corrected chi connectivity index (χ4v) is 1.26. The minimum Gasteiger partial charge on any atom is -0.423 e. The molecule has 3 nitrogen and oxygen atoms in total. The van der Waals surface area contributed by atoms with Gasteiger partial charge in [0, 0.05) is 6.10 Å². The molecule has 0 saturated heterocycles. The SMILES string of the molecule is CC(OB(O)c1ccc(CO)cc1)C(C)(C)C. The van der Waals surface area contributed by atoms with E-state index in [1.165, 1.54) is 0 Å². The molecule has 0 heterocycles. The van der Waals surface area contributed by atoms with E-state index in [0.717, 1.165) is 5.56 Å². The van der Waals surface area contributed by atoms with Gasteiger partial charge in [-0.3, -0.25) is 0 Å². The van der Waals surface area contributed by atoms with Crippen molar-refractivity contribution in [1.29, 1.82) is 0 Å². The molecule has 0 aromatic heterocycles. The summed E-state index contributed by atoms with van der Waals surface area (Å²) in [5.41, 5.74) is 1.52. The molecule has 0 radical (unpaired) electrons. The number of hydrogen-bond donors (Lipinski definition) is 2. The highest BCUT2D eigenvalue weighted by atomic mass is 16.5. The molecule has 1 atom stereocenters. The van der Waals surface area contributed by atoms with Crippen LogP contribution in [0.3, 0.4) is 0 Å². The Labute approximate surface area is 104 Å². The fourth-order valence-electron chi connectivity index (χ4n) is 1.26. The number of rotatable bonds is 4. The lowest BCUT2D eigenvalue weighted by atomic mass is 9.77. The summed E-state index contributed by atoms with van der Waals surface area (Å²) in [4.78, 5) is 0. The van der Waals surface area contributed by atoms with Crippen LogP contribution in [-0.4, -0.2) is 23.4 Å². The van der Waals surface area contributed by atoms with Gasteiger partial charge in [0.25, 0.3) is 0 Å². The molecule has 0 aliphatic rings. The van der Waals surface area contributed by atoms with E-state index < -0.39 is 7.12 Å². The lowest BCUT2D eigenvalue weighted by molar-refractivity contribution is 0.0859. The molecule has 1 aromatic rings. The third-order valence-electron chi connectivity index (χ3n) is 3.00. The van der Waals surface area contributed by atoms with Gasteiger partial charge in [-0.15, -0.1) is 0 Å². The Morgan fingerprint density at radius 1 is 1.24 bits per heavy atom. The van der Waals surface area contributed by atoms with Gasteiger partial charge in [0.2, 0.25) is 0 Å². The van der Waals surface area contributed by atoms with E-state index in [2.05, 4.69) is 20.8 Å². The van der Waals surface area contributed by atoms with Crippen molar-refractivity contribution in [2.75, 3.05) is 0 Å². The van der Waals surface area contributed by atoms with Crippen LogP contribution in [0.4, 0.5) is 0 Å².